The number of imidazole rings is 1. The average Bonchev–Trinajstić information content (AvgIpc) is 3.72. The summed E-state index contributed by atoms with van der Waals surface area (Å²) in [6.45, 7) is 1.59. The van der Waals surface area contributed by atoms with E-state index < -0.39 is 65.2 Å². The van der Waals surface area contributed by atoms with Gasteiger partial charge in [0.15, 0.2) is 0 Å². The molecule has 5 aromatic rings. The van der Waals surface area contributed by atoms with Gasteiger partial charge in [-0.25, -0.2) is 22.9 Å². The monoisotopic (exact) mass is 810 g/mol. The molecule has 0 spiro atoms. The highest BCUT2D eigenvalue weighted by molar-refractivity contribution is 6.04. The molecule has 12 nitrogen and oxygen atoms in total. The number of piperidine rings is 2. The van der Waals surface area contributed by atoms with E-state index in [0.717, 1.165) is 37.8 Å². The summed E-state index contributed by atoms with van der Waals surface area (Å²) in [4.78, 5) is 56.1. The Morgan fingerprint density at radius 1 is 1.00 bits per heavy atom. The first-order chi connectivity index (χ1) is 27.7. The summed E-state index contributed by atoms with van der Waals surface area (Å²) in [6, 6.07) is 9.81. The molecule has 3 unspecified atom stereocenters. The molecule has 5 heterocycles. The Kier molecular flexibility index (Phi) is 10.4. The maximum atomic E-state index is 16.1. The van der Waals surface area contributed by atoms with Crippen LogP contribution in [0.25, 0.3) is 21.9 Å². The molecule has 3 aliphatic rings. The van der Waals surface area contributed by atoms with Crippen molar-refractivity contribution < 1.29 is 40.7 Å². The van der Waals surface area contributed by atoms with E-state index in [2.05, 4.69) is 25.6 Å². The number of halogens is 6. The number of amides is 3. The standard InChI is InChI=1S/C40H40F6N8O4/c1-51-35-25(4-2-6-31(35)54(39(51)58)32-12-13-34(55)49-38(32)57)24-14-15-52(20-27(24)41)18-21-8-10-23(11-9-21)53-19-22-16-30(26(36(42)43)17-29(22)50-53)48-37(56)28-5-3-7-33(47-28)40(44,45)46/h2-7,16-17,19,21,23-24,27,32,36H,8-15,18,20H2,1H3,(H,48,56)(H,49,55,57). The van der Waals surface area contributed by atoms with Gasteiger partial charge < -0.3 is 10.2 Å². The summed E-state index contributed by atoms with van der Waals surface area (Å²) in [7, 11) is 1.62. The van der Waals surface area contributed by atoms with E-state index in [-0.39, 0.29) is 42.5 Å². The van der Waals surface area contributed by atoms with Crippen LogP contribution >= 0.6 is 0 Å². The van der Waals surface area contributed by atoms with Crippen LogP contribution in [-0.4, -0.2) is 72.3 Å². The van der Waals surface area contributed by atoms with Crippen molar-refractivity contribution in [3.63, 3.8) is 0 Å². The van der Waals surface area contributed by atoms with E-state index in [1.54, 1.807) is 30.1 Å². The number of pyridine rings is 1. The van der Waals surface area contributed by atoms with Crippen molar-refractivity contribution >= 4 is 45.3 Å². The lowest BCUT2D eigenvalue weighted by Gasteiger charge is -2.38. The minimum atomic E-state index is -4.79. The zero-order chi connectivity index (χ0) is 41.0. The number of carbonyl (C=O) groups is 3. The number of para-hydroxylation sites is 1. The quantitative estimate of drug-likeness (QED) is 0.130. The summed E-state index contributed by atoms with van der Waals surface area (Å²) >= 11 is 0. The third-order valence-corrected chi connectivity index (χ3v) is 11.8. The first-order valence-electron chi connectivity index (χ1n) is 19.2. The van der Waals surface area contributed by atoms with Crippen molar-refractivity contribution in [1.82, 2.24) is 34.1 Å². The average molecular weight is 811 g/mol. The van der Waals surface area contributed by atoms with E-state index in [9.17, 15) is 41.1 Å². The smallest absolute Gasteiger partial charge is 0.320 e. The highest BCUT2D eigenvalue weighted by atomic mass is 19.4. The number of nitrogens with zero attached hydrogens (tertiary/aromatic N) is 6. The Bertz CT molecular complexity index is 2470. The molecule has 1 aliphatic carbocycles. The van der Waals surface area contributed by atoms with Crippen LogP contribution in [0.1, 0.15) is 96.7 Å². The summed E-state index contributed by atoms with van der Waals surface area (Å²) in [5.74, 6) is -2.12. The lowest BCUT2D eigenvalue weighted by molar-refractivity contribution is -0.141. The number of nitrogens with one attached hydrogen (secondary N) is 2. The molecule has 0 radical (unpaired) electrons. The van der Waals surface area contributed by atoms with Gasteiger partial charge in [-0.15, -0.1) is 0 Å². The molecule has 2 saturated heterocycles. The summed E-state index contributed by atoms with van der Waals surface area (Å²) in [6.07, 6.45) is -3.24. The highest BCUT2D eigenvalue weighted by Crippen LogP contribution is 2.39. The molecule has 3 aromatic heterocycles. The van der Waals surface area contributed by atoms with Gasteiger partial charge in [0.25, 0.3) is 12.3 Å². The lowest BCUT2D eigenvalue weighted by Crippen LogP contribution is -2.44. The van der Waals surface area contributed by atoms with E-state index in [0.29, 0.717) is 53.5 Å². The summed E-state index contributed by atoms with van der Waals surface area (Å²) in [5.41, 5.74) is -0.911. The first-order valence-corrected chi connectivity index (χ1v) is 19.2. The number of carbonyl (C=O) groups excluding carboxylic acids is 3. The van der Waals surface area contributed by atoms with Gasteiger partial charge in [-0.05, 0) is 86.9 Å². The number of benzene rings is 2. The first kappa shape index (κ1) is 39.3. The van der Waals surface area contributed by atoms with Gasteiger partial charge in [-0.1, -0.05) is 18.2 Å². The second kappa shape index (κ2) is 15.3. The molecule has 3 amide bonds. The van der Waals surface area contributed by atoms with Gasteiger partial charge in [-0.2, -0.15) is 18.3 Å². The number of anilines is 1. The highest BCUT2D eigenvalue weighted by Gasteiger charge is 2.37. The third-order valence-electron chi connectivity index (χ3n) is 11.8. The van der Waals surface area contributed by atoms with Crippen molar-refractivity contribution in [3.05, 3.63) is 87.7 Å². The van der Waals surface area contributed by atoms with Gasteiger partial charge in [0.2, 0.25) is 11.8 Å². The van der Waals surface area contributed by atoms with E-state index in [1.807, 2.05) is 6.07 Å². The second-order valence-electron chi connectivity index (χ2n) is 15.5. The summed E-state index contributed by atoms with van der Waals surface area (Å²) in [5, 5.41) is 9.66. The number of aromatic nitrogens is 5. The fourth-order valence-corrected chi connectivity index (χ4v) is 8.93. The number of rotatable bonds is 8. The van der Waals surface area contributed by atoms with Crippen LogP contribution in [-0.2, 0) is 22.8 Å². The molecule has 2 aliphatic heterocycles. The predicted molar refractivity (Wildman–Crippen MR) is 200 cm³/mol. The molecule has 3 fully saturated rings. The molecule has 1 saturated carbocycles. The SMILES string of the molecule is Cn1c(=O)n(C2CCC(=O)NC2=O)c2cccc(C3CCN(CC4CCC(n5cc6cc(NC(=O)c7cccc(C(F)(F)F)n7)c(C(F)F)cc6n5)CC4)CC3F)c21. The lowest BCUT2D eigenvalue weighted by atomic mass is 9.83. The number of likely N-dealkylation sites (tertiary alicyclic amines) is 1. The van der Waals surface area contributed by atoms with Crippen LogP contribution in [0.3, 0.4) is 0 Å². The molecular weight excluding hydrogens is 770 g/mol. The molecule has 8 rings (SSSR count). The number of hydrogen-bond acceptors (Lipinski definition) is 7. The van der Waals surface area contributed by atoms with Crippen LogP contribution in [0.15, 0.2) is 59.5 Å². The van der Waals surface area contributed by atoms with Crippen molar-refractivity contribution in [2.75, 3.05) is 25.0 Å². The minimum Gasteiger partial charge on any atom is -0.320 e. The molecule has 2 N–H and O–H groups in total. The molecule has 18 heteroatoms. The van der Waals surface area contributed by atoms with Crippen LogP contribution in [0, 0.1) is 5.92 Å². The molecule has 2 aromatic carbocycles. The zero-order valence-electron chi connectivity index (χ0n) is 31.3. The van der Waals surface area contributed by atoms with Gasteiger partial charge in [0.05, 0.1) is 28.3 Å². The maximum Gasteiger partial charge on any atom is 0.433 e. The Morgan fingerprint density at radius 2 is 1.76 bits per heavy atom. The number of imide groups is 1. The van der Waals surface area contributed by atoms with Crippen molar-refractivity contribution in [3.8, 4) is 0 Å². The Morgan fingerprint density at radius 3 is 2.47 bits per heavy atom. The number of fused-ring (bicyclic) bond motifs is 2. The maximum absolute atomic E-state index is 16.1. The largest absolute Gasteiger partial charge is 0.433 e. The Balaban J connectivity index is 0.902. The van der Waals surface area contributed by atoms with E-state index in [1.165, 1.54) is 21.3 Å². The molecular formula is C40H40F6N8O4. The normalized spacial score (nSPS) is 23.5. The van der Waals surface area contributed by atoms with Crippen molar-refractivity contribution in [2.45, 2.75) is 81.7 Å². The van der Waals surface area contributed by atoms with Crippen molar-refractivity contribution in [1.29, 1.82) is 0 Å². The van der Waals surface area contributed by atoms with Gasteiger partial charge in [-0.3, -0.25) is 33.5 Å². The Hall–Kier alpha value is -5.52. The number of alkyl halides is 6. The van der Waals surface area contributed by atoms with Gasteiger partial charge >= 0.3 is 11.9 Å². The van der Waals surface area contributed by atoms with Crippen LogP contribution in [0.5, 0.6) is 0 Å². The molecule has 58 heavy (non-hydrogen) atoms. The van der Waals surface area contributed by atoms with Crippen LogP contribution in [0.2, 0.25) is 0 Å². The molecule has 0 bridgehead atoms. The zero-order valence-corrected chi connectivity index (χ0v) is 31.3. The topological polar surface area (TPSA) is 136 Å². The van der Waals surface area contributed by atoms with E-state index in [4.69, 9.17) is 0 Å². The van der Waals surface area contributed by atoms with Crippen molar-refractivity contribution in [2.24, 2.45) is 13.0 Å². The Labute approximate surface area is 327 Å². The van der Waals surface area contributed by atoms with Crippen LogP contribution in [0.4, 0.5) is 32.0 Å². The molecule has 3 atom stereocenters. The fourth-order valence-electron chi connectivity index (χ4n) is 8.93. The third kappa shape index (κ3) is 7.49. The van der Waals surface area contributed by atoms with Gasteiger partial charge in [0, 0.05) is 49.6 Å². The second-order valence-corrected chi connectivity index (χ2v) is 15.5. The van der Waals surface area contributed by atoms with Gasteiger partial charge in [0.1, 0.15) is 23.6 Å². The fraction of sp³-hybridized carbons (Fsp3) is 0.450. The van der Waals surface area contributed by atoms with Crippen LogP contribution < -0.4 is 16.3 Å². The van der Waals surface area contributed by atoms with E-state index >= 15 is 4.39 Å². The number of aryl methyl sites for hydroxylation is 1. The minimum absolute atomic E-state index is 0.0229. The summed E-state index contributed by atoms with van der Waals surface area (Å²) < 4.78 is 88.4. The predicted octanol–water partition coefficient (Wildman–Crippen LogP) is 6.83. The number of hydrogen-bond donors (Lipinski definition) is 2. The molecule has 306 valence electrons.